The summed E-state index contributed by atoms with van der Waals surface area (Å²) in [5.74, 6) is 0.373. The Morgan fingerprint density at radius 3 is 2.78 bits per heavy atom. The van der Waals surface area contributed by atoms with Gasteiger partial charge in [-0.25, -0.2) is 9.18 Å². The molecule has 2 amide bonds. The first-order valence-electron chi connectivity index (χ1n) is 7.66. The zero-order chi connectivity index (χ0) is 16.1. The first kappa shape index (κ1) is 15.6. The second kappa shape index (κ2) is 7.28. The predicted molar refractivity (Wildman–Crippen MR) is 82.2 cm³/mol. The van der Waals surface area contributed by atoms with E-state index < -0.39 is 0 Å². The highest BCUT2D eigenvalue weighted by Gasteiger charge is 2.28. The number of hydrogen-bond acceptors (Lipinski definition) is 3. The van der Waals surface area contributed by atoms with Crippen molar-refractivity contribution >= 4 is 6.03 Å². The van der Waals surface area contributed by atoms with Gasteiger partial charge in [-0.1, -0.05) is 12.1 Å². The third kappa shape index (κ3) is 4.10. The van der Waals surface area contributed by atoms with Gasteiger partial charge < -0.3 is 19.8 Å². The summed E-state index contributed by atoms with van der Waals surface area (Å²) in [6, 6.07) is 9.06. The molecule has 2 aromatic rings. The molecule has 1 fully saturated rings. The Balaban J connectivity index is 1.65. The maximum Gasteiger partial charge on any atom is 0.315 e. The van der Waals surface area contributed by atoms with Crippen molar-refractivity contribution in [2.75, 3.05) is 6.61 Å². The molecule has 1 saturated heterocycles. The van der Waals surface area contributed by atoms with Gasteiger partial charge in [0.25, 0.3) is 0 Å². The number of hydrogen-bond donors (Lipinski definition) is 2. The van der Waals surface area contributed by atoms with E-state index in [4.69, 9.17) is 9.15 Å². The smallest absolute Gasteiger partial charge is 0.315 e. The number of halogens is 1. The van der Waals surface area contributed by atoms with Crippen LogP contribution in [0.3, 0.4) is 0 Å². The van der Waals surface area contributed by atoms with E-state index in [0.717, 1.165) is 18.4 Å². The minimum Gasteiger partial charge on any atom is -0.467 e. The van der Waals surface area contributed by atoms with E-state index in [9.17, 15) is 9.18 Å². The summed E-state index contributed by atoms with van der Waals surface area (Å²) in [5.41, 5.74) is 0.825. The average Bonchev–Trinajstić information content (AvgIpc) is 3.25. The number of amides is 2. The molecular formula is C17H19FN2O3. The molecule has 0 spiro atoms. The van der Waals surface area contributed by atoms with Crippen LogP contribution in [0.1, 0.15) is 30.2 Å². The lowest BCUT2D eigenvalue weighted by Gasteiger charge is -2.24. The van der Waals surface area contributed by atoms with Crippen LogP contribution in [0.4, 0.5) is 9.18 Å². The minimum atomic E-state index is -0.314. The minimum absolute atomic E-state index is 0.102. The van der Waals surface area contributed by atoms with Gasteiger partial charge in [-0.2, -0.15) is 0 Å². The number of furan rings is 1. The number of urea groups is 1. The molecule has 1 aliphatic heterocycles. The molecular weight excluding hydrogens is 299 g/mol. The highest BCUT2D eigenvalue weighted by molar-refractivity contribution is 5.74. The lowest BCUT2D eigenvalue weighted by molar-refractivity contribution is 0.0807. The standard InChI is InChI=1S/C17H19FN2O3/c18-13-7-5-12(6-8-13)16(15-4-2-10-23-15)20-17(21)19-11-14-3-1-9-22-14/h1,3,5-9,15-16H,2,4,10-11H2,(H2,19,20,21)/t15-,16-/m1/s1. The van der Waals surface area contributed by atoms with Gasteiger partial charge in [-0.3, -0.25) is 0 Å². The van der Waals surface area contributed by atoms with Gasteiger partial charge in [-0.05, 0) is 42.7 Å². The summed E-state index contributed by atoms with van der Waals surface area (Å²) in [6.45, 7) is 0.985. The summed E-state index contributed by atoms with van der Waals surface area (Å²) >= 11 is 0. The van der Waals surface area contributed by atoms with Crippen molar-refractivity contribution < 1.29 is 18.3 Å². The van der Waals surface area contributed by atoms with Crippen molar-refractivity contribution in [3.8, 4) is 0 Å². The molecule has 1 aromatic heterocycles. The van der Waals surface area contributed by atoms with E-state index in [0.29, 0.717) is 18.9 Å². The van der Waals surface area contributed by atoms with Gasteiger partial charge in [0.05, 0.1) is 25.0 Å². The molecule has 6 heteroatoms. The summed E-state index contributed by atoms with van der Waals surface area (Å²) in [5, 5.41) is 5.66. The summed E-state index contributed by atoms with van der Waals surface area (Å²) in [7, 11) is 0. The SMILES string of the molecule is O=C(NCc1ccco1)N[C@H](c1ccc(F)cc1)[C@H]1CCCO1. The Morgan fingerprint density at radius 2 is 2.13 bits per heavy atom. The van der Waals surface area contributed by atoms with Crippen molar-refractivity contribution in [2.45, 2.75) is 31.5 Å². The third-order valence-electron chi connectivity index (χ3n) is 3.86. The van der Waals surface area contributed by atoms with E-state index in [1.54, 1.807) is 30.5 Å². The zero-order valence-corrected chi connectivity index (χ0v) is 12.6. The topological polar surface area (TPSA) is 63.5 Å². The molecule has 3 rings (SSSR count). The third-order valence-corrected chi connectivity index (χ3v) is 3.86. The maximum absolute atomic E-state index is 13.1. The van der Waals surface area contributed by atoms with Gasteiger partial charge in [0, 0.05) is 6.61 Å². The second-order valence-electron chi connectivity index (χ2n) is 5.49. The second-order valence-corrected chi connectivity index (χ2v) is 5.49. The van der Waals surface area contributed by atoms with Crippen LogP contribution in [0.2, 0.25) is 0 Å². The van der Waals surface area contributed by atoms with Gasteiger partial charge >= 0.3 is 6.03 Å². The summed E-state index contributed by atoms with van der Waals surface area (Å²) < 4.78 is 24.0. The monoisotopic (exact) mass is 318 g/mol. The fraction of sp³-hybridized carbons (Fsp3) is 0.353. The van der Waals surface area contributed by atoms with Gasteiger partial charge in [0.15, 0.2) is 0 Å². The largest absolute Gasteiger partial charge is 0.467 e. The molecule has 2 N–H and O–H groups in total. The van der Waals surface area contributed by atoms with Crippen molar-refractivity contribution in [1.82, 2.24) is 10.6 Å². The molecule has 1 aromatic carbocycles. The molecule has 1 aliphatic rings. The Labute approximate surface area is 133 Å². The van der Waals surface area contributed by atoms with E-state index in [-0.39, 0.29) is 24.0 Å². The molecule has 0 saturated carbocycles. The number of rotatable bonds is 5. The quantitative estimate of drug-likeness (QED) is 0.890. The molecule has 0 unspecified atom stereocenters. The average molecular weight is 318 g/mol. The number of benzene rings is 1. The zero-order valence-electron chi connectivity index (χ0n) is 12.6. The van der Waals surface area contributed by atoms with Crippen LogP contribution in [0.25, 0.3) is 0 Å². The van der Waals surface area contributed by atoms with Gasteiger partial charge in [-0.15, -0.1) is 0 Å². The Kier molecular flexibility index (Phi) is 4.92. The fourth-order valence-corrected chi connectivity index (χ4v) is 2.70. The van der Waals surface area contributed by atoms with Gasteiger partial charge in [0.2, 0.25) is 0 Å². The van der Waals surface area contributed by atoms with Crippen LogP contribution in [0, 0.1) is 5.82 Å². The van der Waals surface area contributed by atoms with Crippen molar-refractivity contribution in [3.63, 3.8) is 0 Å². The number of ether oxygens (including phenoxy) is 1. The maximum atomic E-state index is 13.1. The van der Waals surface area contributed by atoms with Crippen molar-refractivity contribution in [3.05, 3.63) is 59.8 Å². The number of carbonyl (C=O) groups is 1. The summed E-state index contributed by atoms with van der Waals surface area (Å²) in [6.07, 6.45) is 3.27. The highest BCUT2D eigenvalue weighted by atomic mass is 19.1. The van der Waals surface area contributed by atoms with Gasteiger partial charge in [0.1, 0.15) is 11.6 Å². The Morgan fingerprint density at radius 1 is 1.30 bits per heavy atom. The molecule has 122 valence electrons. The Hall–Kier alpha value is -2.34. The predicted octanol–water partition coefficient (Wildman–Crippen LogP) is 3.14. The van der Waals surface area contributed by atoms with Crippen LogP contribution in [0.5, 0.6) is 0 Å². The van der Waals surface area contributed by atoms with E-state index >= 15 is 0 Å². The molecule has 0 aliphatic carbocycles. The molecule has 23 heavy (non-hydrogen) atoms. The van der Waals surface area contributed by atoms with E-state index in [1.807, 2.05) is 0 Å². The highest BCUT2D eigenvalue weighted by Crippen LogP contribution is 2.27. The molecule has 2 heterocycles. The first-order chi connectivity index (χ1) is 11.2. The summed E-state index contributed by atoms with van der Waals surface area (Å²) in [4.78, 5) is 12.2. The first-order valence-corrected chi connectivity index (χ1v) is 7.66. The van der Waals surface area contributed by atoms with Crippen LogP contribution in [-0.2, 0) is 11.3 Å². The number of nitrogens with one attached hydrogen (secondary N) is 2. The van der Waals surface area contributed by atoms with Crippen LogP contribution < -0.4 is 10.6 Å². The van der Waals surface area contributed by atoms with Crippen LogP contribution in [0.15, 0.2) is 47.1 Å². The molecule has 5 nitrogen and oxygen atoms in total. The molecule has 2 atom stereocenters. The lowest BCUT2D eigenvalue weighted by Crippen LogP contribution is -2.41. The molecule has 0 bridgehead atoms. The fourth-order valence-electron chi connectivity index (χ4n) is 2.70. The van der Waals surface area contributed by atoms with E-state index in [1.165, 1.54) is 12.1 Å². The number of carbonyl (C=O) groups excluding carboxylic acids is 1. The Bertz CT molecular complexity index is 622. The normalized spacial score (nSPS) is 18.6. The molecule has 0 radical (unpaired) electrons. The van der Waals surface area contributed by atoms with Crippen LogP contribution in [-0.4, -0.2) is 18.7 Å². The van der Waals surface area contributed by atoms with Crippen LogP contribution >= 0.6 is 0 Å². The van der Waals surface area contributed by atoms with Crippen molar-refractivity contribution in [2.24, 2.45) is 0 Å². The van der Waals surface area contributed by atoms with Crippen molar-refractivity contribution in [1.29, 1.82) is 0 Å². The van der Waals surface area contributed by atoms with E-state index in [2.05, 4.69) is 10.6 Å². The lowest BCUT2D eigenvalue weighted by atomic mass is 9.99.